The highest BCUT2D eigenvalue weighted by Gasteiger charge is 2.13. The fourth-order valence-electron chi connectivity index (χ4n) is 1.82. The van der Waals surface area contributed by atoms with Gasteiger partial charge in [0, 0.05) is 17.5 Å². The van der Waals surface area contributed by atoms with Crippen LogP contribution in [0.1, 0.15) is 29.8 Å². The van der Waals surface area contributed by atoms with E-state index in [9.17, 15) is 0 Å². The van der Waals surface area contributed by atoms with E-state index in [1.165, 1.54) is 5.56 Å². The Morgan fingerprint density at radius 2 is 2.25 bits per heavy atom. The van der Waals surface area contributed by atoms with Crippen LogP contribution < -0.4 is 5.32 Å². The number of hydrogen-bond acceptors (Lipinski definition) is 3. The lowest BCUT2D eigenvalue weighted by atomic mass is 10.0. The quantitative estimate of drug-likeness (QED) is 0.853. The van der Waals surface area contributed by atoms with Crippen LogP contribution in [-0.2, 0) is 0 Å². The third kappa shape index (κ3) is 2.31. The van der Waals surface area contributed by atoms with Gasteiger partial charge < -0.3 is 9.73 Å². The number of hydrogen-bond donors (Lipinski definition) is 1. The van der Waals surface area contributed by atoms with E-state index in [1.54, 1.807) is 12.5 Å². The third-order valence-electron chi connectivity index (χ3n) is 2.54. The van der Waals surface area contributed by atoms with Gasteiger partial charge in [-0.15, -0.1) is 0 Å². The summed E-state index contributed by atoms with van der Waals surface area (Å²) in [5.74, 6) is 0. The number of furan rings is 1. The molecule has 0 aliphatic heterocycles. The van der Waals surface area contributed by atoms with Gasteiger partial charge in [-0.1, -0.05) is 6.92 Å². The second kappa shape index (κ2) is 4.94. The second-order valence-corrected chi connectivity index (χ2v) is 3.78. The maximum Gasteiger partial charge on any atom is 0.0953 e. The molecule has 16 heavy (non-hydrogen) atoms. The zero-order valence-corrected chi connectivity index (χ0v) is 9.60. The molecule has 0 radical (unpaired) electrons. The van der Waals surface area contributed by atoms with Crippen LogP contribution in [0.4, 0.5) is 0 Å². The SMILES string of the molecule is CCNC(c1ccoc1)c1ccnc(C)c1. The molecule has 1 N–H and O–H groups in total. The van der Waals surface area contributed by atoms with Gasteiger partial charge >= 0.3 is 0 Å². The highest BCUT2D eigenvalue weighted by atomic mass is 16.3. The van der Waals surface area contributed by atoms with E-state index in [1.807, 2.05) is 25.3 Å². The van der Waals surface area contributed by atoms with Crippen LogP contribution in [0.2, 0.25) is 0 Å². The molecule has 0 aliphatic rings. The zero-order valence-electron chi connectivity index (χ0n) is 9.60. The maximum atomic E-state index is 5.14. The number of pyridine rings is 1. The van der Waals surface area contributed by atoms with Crippen LogP contribution in [-0.4, -0.2) is 11.5 Å². The molecular formula is C13H16N2O. The minimum atomic E-state index is 0.186. The number of nitrogens with one attached hydrogen (secondary N) is 1. The van der Waals surface area contributed by atoms with Gasteiger partial charge in [-0.2, -0.15) is 0 Å². The normalized spacial score (nSPS) is 12.6. The van der Waals surface area contributed by atoms with Crippen molar-refractivity contribution < 1.29 is 4.42 Å². The standard InChI is InChI=1S/C13H16N2O/c1-3-14-13(12-5-7-16-9-12)11-4-6-15-10(2)8-11/h4-9,13-14H,3H2,1-2H3. The maximum absolute atomic E-state index is 5.14. The summed E-state index contributed by atoms with van der Waals surface area (Å²) in [6.07, 6.45) is 5.33. The number of aryl methyl sites for hydroxylation is 1. The average Bonchev–Trinajstić information content (AvgIpc) is 2.79. The summed E-state index contributed by atoms with van der Waals surface area (Å²) in [4.78, 5) is 4.21. The van der Waals surface area contributed by atoms with E-state index < -0.39 is 0 Å². The van der Waals surface area contributed by atoms with Crippen LogP contribution in [0.5, 0.6) is 0 Å². The van der Waals surface area contributed by atoms with Crippen molar-refractivity contribution in [1.82, 2.24) is 10.3 Å². The zero-order chi connectivity index (χ0) is 11.4. The minimum absolute atomic E-state index is 0.186. The van der Waals surface area contributed by atoms with Gasteiger partial charge in [-0.05, 0) is 37.2 Å². The molecule has 2 rings (SSSR count). The predicted octanol–water partition coefficient (Wildman–Crippen LogP) is 2.68. The highest BCUT2D eigenvalue weighted by Crippen LogP contribution is 2.22. The first-order chi connectivity index (χ1) is 7.81. The lowest BCUT2D eigenvalue weighted by Crippen LogP contribution is -2.21. The Kier molecular flexibility index (Phi) is 3.37. The number of nitrogens with zero attached hydrogens (tertiary/aromatic N) is 1. The van der Waals surface area contributed by atoms with Gasteiger partial charge in [0.15, 0.2) is 0 Å². The summed E-state index contributed by atoms with van der Waals surface area (Å²) in [7, 11) is 0. The Bertz CT molecular complexity index is 437. The van der Waals surface area contributed by atoms with Crippen molar-refractivity contribution in [3.05, 3.63) is 53.7 Å². The molecule has 0 saturated carbocycles. The molecule has 2 aromatic rings. The summed E-state index contributed by atoms with van der Waals surface area (Å²) in [5.41, 5.74) is 3.40. The fourth-order valence-corrected chi connectivity index (χ4v) is 1.82. The Labute approximate surface area is 95.5 Å². The molecule has 84 valence electrons. The van der Waals surface area contributed by atoms with Crippen LogP contribution >= 0.6 is 0 Å². The first-order valence-electron chi connectivity index (χ1n) is 5.49. The molecule has 3 nitrogen and oxygen atoms in total. The molecule has 0 saturated heterocycles. The Morgan fingerprint density at radius 1 is 1.38 bits per heavy atom. The van der Waals surface area contributed by atoms with Crippen molar-refractivity contribution in [2.24, 2.45) is 0 Å². The minimum Gasteiger partial charge on any atom is -0.472 e. The van der Waals surface area contributed by atoms with E-state index in [2.05, 4.69) is 23.3 Å². The van der Waals surface area contributed by atoms with Crippen molar-refractivity contribution in [1.29, 1.82) is 0 Å². The Morgan fingerprint density at radius 3 is 2.88 bits per heavy atom. The monoisotopic (exact) mass is 216 g/mol. The molecule has 3 heteroatoms. The third-order valence-corrected chi connectivity index (χ3v) is 2.54. The lowest BCUT2D eigenvalue weighted by molar-refractivity contribution is 0.553. The van der Waals surface area contributed by atoms with Gasteiger partial charge in [0.1, 0.15) is 0 Å². The van der Waals surface area contributed by atoms with Crippen LogP contribution in [0.3, 0.4) is 0 Å². The highest BCUT2D eigenvalue weighted by molar-refractivity contribution is 5.29. The summed E-state index contributed by atoms with van der Waals surface area (Å²) in [5, 5.41) is 3.44. The molecule has 2 aromatic heterocycles. The lowest BCUT2D eigenvalue weighted by Gasteiger charge is -2.16. The van der Waals surface area contributed by atoms with Crippen molar-refractivity contribution in [2.45, 2.75) is 19.9 Å². The van der Waals surface area contributed by atoms with E-state index in [-0.39, 0.29) is 6.04 Å². The van der Waals surface area contributed by atoms with Gasteiger partial charge in [-0.25, -0.2) is 0 Å². The summed E-state index contributed by atoms with van der Waals surface area (Å²) < 4.78 is 5.14. The van der Waals surface area contributed by atoms with Crippen LogP contribution in [0.25, 0.3) is 0 Å². The Balaban J connectivity index is 2.33. The molecule has 0 amide bonds. The van der Waals surface area contributed by atoms with Crippen LogP contribution in [0, 0.1) is 6.92 Å². The fraction of sp³-hybridized carbons (Fsp3) is 0.308. The smallest absolute Gasteiger partial charge is 0.0953 e. The summed E-state index contributed by atoms with van der Waals surface area (Å²) in [6, 6.07) is 6.31. The molecule has 1 unspecified atom stereocenters. The molecule has 0 fully saturated rings. The predicted molar refractivity (Wildman–Crippen MR) is 63.2 cm³/mol. The van der Waals surface area contributed by atoms with Gasteiger partial charge in [0.2, 0.25) is 0 Å². The number of aromatic nitrogens is 1. The molecule has 0 aromatic carbocycles. The van der Waals surface area contributed by atoms with Crippen LogP contribution in [0.15, 0.2) is 41.3 Å². The largest absolute Gasteiger partial charge is 0.472 e. The van der Waals surface area contributed by atoms with Crippen molar-refractivity contribution in [2.75, 3.05) is 6.54 Å². The van der Waals surface area contributed by atoms with Crippen molar-refractivity contribution in [3.63, 3.8) is 0 Å². The van der Waals surface area contributed by atoms with E-state index in [0.717, 1.165) is 17.8 Å². The molecular weight excluding hydrogens is 200 g/mol. The van der Waals surface area contributed by atoms with Gasteiger partial charge in [0.25, 0.3) is 0 Å². The second-order valence-electron chi connectivity index (χ2n) is 3.78. The Hall–Kier alpha value is -1.61. The van der Waals surface area contributed by atoms with Crippen molar-refractivity contribution in [3.8, 4) is 0 Å². The van der Waals surface area contributed by atoms with Gasteiger partial charge in [0.05, 0.1) is 18.6 Å². The topological polar surface area (TPSA) is 38.1 Å². The van der Waals surface area contributed by atoms with E-state index in [4.69, 9.17) is 4.42 Å². The summed E-state index contributed by atoms with van der Waals surface area (Å²) >= 11 is 0. The molecule has 2 heterocycles. The summed E-state index contributed by atoms with van der Waals surface area (Å²) in [6.45, 7) is 5.01. The van der Waals surface area contributed by atoms with E-state index >= 15 is 0 Å². The molecule has 0 spiro atoms. The van der Waals surface area contributed by atoms with Crippen molar-refractivity contribution >= 4 is 0 Å². The average molecular weight is 216 g/mol. The molecule has 1 atom stereocenters. The first-order valence-corrected chi connectivity index (χ1v) is 5.49. The van der Waals surface area contributed by atoms with E-state index in [0.29, 0.717) is 0 Å². The molecule has 0 aliphatic carbocycles. The number of rotatable bonds is 4. The van der Waals surface area contributed by atoms with Gasteiger partial charge in [-0.3, -0.25) is 4.98 Å². The first kappa shape index (κ1) is 10.9. The molecule has 0 bridgehead atoms.